The van der Waals surface area contributed by atoms with E-state index < -0.39 is 0 Å². The SMILES string of the molecule is COCC(C)CNC1CCOC1C1CC1. The number of rotatable bonds is 6. The summed E-state index contributed by atoms with van der Waals surface area (Å²) in [5, 5.41) is 3.63. The number of hydrogen-bond donors (Lipinski definition) is 1. The van der Waals surface area contributed by atoms with Crippen molar-refractivity contribution in [2.24, 2.45) is 11.8 Å². The molecule has 0 aromatic carbocycles. The molecule has 1 heterocycles. The summed E-state index contributed by atoms with van der Waals surface area (Å²) in [5.41, 5.74) is 0. The fourth-order valence-electron chi connectivity index (χ4n) is 2.42. The zero-order valence-electron chi connectivity index (χ0n) is 9.87. The van der Waals surface area contributed by atoms with Crippen LogP contribution in [0.5, 0.6) is 0 Å². The minimum atomic E-state index is 0.500. The summed E-state index contributed by atoms with van der Waals surface area (Å²) >= 11 is 0. The lowest BCUT2D eigenvalue weighted by Crippen LogP contribution is -2.40. The highest BCUT2D eigenvalue weighted by molar-refractivity contribution is 4.93. The van der Waals surface area contributed by atoms with Crippen molar-refractivity contribution in [2.45, 2.75) is 38.3 Å². The maximum atomic E-state index is 5.79. The molecule has 3 unspecified atom stereocenters. The highest BCUT2D eigenvalue weighted by Crippen LogP contribution is 2.38. The van der Waals surface area contributed by atoms with Crippen molar-refractivity contribution in [3.63, 3.8) is 0 Å². The molecule has 2 aliphatic rings. The van der Waals surface area contributed by atoms with E-state index in [1.54, 1.807) is 7.11 Å². The van der Waals surface area contributed by atoms with Gasteiger partial charge in [-0.3, -0.25) is 0 Å². The Kier molecular flexibility index (Phi) is 4.00. The van der Waals surface area contributed by atoms with Crippen LogP contribution in [0.3, 0.4) is 0 Å². The Morgan fingerprint density at radius 1 is 1.40 bits per heavy atom. The van der Waals surface area contributed by atoms with Gasteiger partial charge < -0.3 is 14.8 Å². The van der Waals surface area contributed by atoms with Crippen LogP contribution in [0.15, 0.2) is 0 Å². The van der Waals surface area contributed by atoms with Crippen LogP contribution in [0.25, 0.3) is 0 Å². The third-order valence-electron chi connectivity index (χ3n) is 3.40. The first kappa shape index (κ1) is 11.4. The molecule has 3 nitrogen and oxygen atoms in total. The summed E-state index contributed by atoms with van der Waals surface area (Å²) in [6, 6.07) is 0.594. The first-order valence-electron chi connectivity index (χ1n) is 6.15. The fraction of sp³-hybridized carbons (Fsp3) is 1.00. The Hall–Kier alpha value is -0.120. The lowest BCUT2D eigenvalue weighted by molar-refractivity contribution is 0.0789. The molecule has 0 aromatic heterocycles. The second-order valence-corrected chi connectivity index (χ2v) is 5.04. The molecule has 1 aliphatic carbocycles. The number of ether oxygens (including phenoxy) is 2. The number of hydrogen-bond acceptors (Lipinski definition) is 3. The van der Waals surface area contributed by atoms with E-state index in [-0.39, 0.29) is 0 Å². The van der Waals surface area contributed by atoms with Crippen molar-refractivity contribution in [2.75, 3.05) is 26.9 Å². The van der Waals surface area contributed by atoms with E-state index in [0.29, 0.717) is 18.1 Å². The van der Waals surface area contributed by atoms with Crippen LogP contribution in [0, 0.1) is 11.8 Å². The van der Waals surface area contributed by atoms with E-state index in [0.717, 1.165) is 25.7 Å². The molecule has 0 aromatic rings. The summed E-state index contributed by atoms with van der Waals surface area (Å²) < 4.78 is 10.9. The Bertz CT molecular complexity index is 194. The predicted octanol–water partition coefficient (Wildman–Crippen LogP) is 1.43. The third-order valence-corrected chi connectivity index (χ3v) is 3.40. The summed E-state index contributed by atoms with van der Waals surface area (Å²) in [6.07, 6.45) is 4.42. The minimum Gasteiger partial charge on any atom is -0.384 e. The first-order valence-corrected chi connectivity index (χ1v) is 6.15. The van der Waals surface area contributed by atoms with Crippen molar-refractivity contribution in [3.8, 4) is 0 Å². The van der Waals surface area contributed by atoms with Crippen LogP contribution >= 0.6 is 0 Å². The molecule has 0 radical (unpaired) electrons. The summed E-state index contributed by atoms with van der Waals surface area (Å²) in [6.45, 7) is 5.05. The van der Waals surface area contributed by atoms with Crippen LogP contribution in [-0.2, 0) is 9.47 Å². The average molecular weight is 213 g/mol. The molecule has 0 amide bonds. The topological polar surface area (TPSA) is 30.5 Å². The van der Waals surface area contributed by atoms with Gasteiger partial charge in [-0.25, -0.2) is 0 Å². The van der Waals surface area contributed by atoms with Crippen molar-refractivity contribution >= 4 is 0 Å². The maximum Gasteiger partial charge on any atom is 0.0756 e. The molecule has 15 heavy (non-hydrogen) atoms. The molecule has 1 N–H and O–H groups in total. The zero-order chi connectivity index (χ0) is 10.7. The fourth-order valence-corrected chi connectivity index (χ4v) is 2.42. The van der Waals surface area contributed by atoms with Crippen molar-refractivity contribution in [1.29, 1.82) is 0 Å². The highest BCUT2D eigenvalue weighted by Gasteiger charge is 2.40. The molecule has 0 spiro atoms. The summed E-state index contributed by atoms with van der Waals surface area (Å²) in [4.78, 5) is 0. The van der Waals surface area contributed by atoms with Crippen molar-refractivity contribution < 1.29 is 9.47 Å². The van der Waals surface area contributed by atoms with E-state index in [9.17, 15) is 0 Å². The smallest absolute Gasteiger partial charge is 0.0756 e. The second-order valence-electron chi connectivity index (χ2n) is 5.04. The van der Waals surface area contributed by atoms with Crippen molar-refractivity contribution in [1.82, 2.24) is 5.32 Å². The molecule has 1 aliphatic heterocycles. The standard InChI is InChI=1S/C12H23NO2/c1-9(8-14-2)7-13-11-5-6-15-12(11)10-3-4-10/h9-13H,3-8H2,1-2H3. The molecule has 88 valence electrons. The van der Waals surface area contributed by atoms with Crippen LogP contribution in [0.4, 0.5) is 0 Å². The maximum absolute atomic E-state index is 5.79. The van der Waals surface area contributed by atoms with Gasteiger partial charge in [-0.15, -0.1) is 0 Å². The zero-order valence-corrected chi connectivity index (χ0v) is 9.87. The molecule has 1 saturated carbocycles. The molecular formula is C12H23NO2. The molecule has 3 heteroatoms. The monoisotopic (exact) mass is 213 g/mol. The van der Waals surface area contributed by atoms with Gasteiger partial charge in [0.25, 0.3) is 0 Å². The van der Waals surface area contributed by atoms with E-state index in [1.807, 2.05) is 0 Å². The quantitative estimate of drug-likeness (QED) is 0.724. The van der Waals surface area contributed by atoms with Gasteiger partial charge in [0.05, 0.1) is 6.10 Å². The van der Waals surface area contributed by atoms with E-state index >= 15 is 0 Å². The molecule has 0 bridgehead atoms. The first-order chi connectivity index (χ1) is 7.31. The predicted molar refractivity (Wildman–Crippen MR) is 59.9 cm³/mol. The average Bonchev–Trinajstić information content (AvgIpc) is 2.96. The lowest BCUT2D eigenvalue weighted by Gasteiger charge is -2.21. The molecular weight excluding hydrogens is 190 g/mol. The van der Waals surface area contributed by atoms with Crippen LogP contribution in [0.1, 0.15) is 26.2 Å². The number of nitrogens with one attached hydrogen (secondary N) is 1. The van der Waals surface area contributed by atoms with Crippen LogP contribution in [-0.4, -0.2) is 39.0 Å². The Balaban J connectivity index is 1.68. The second kappa shape index (κ2) is 5.28. The summed E-state index contributed by atoms with van der Waals surface area (Å²) in [5.74, 6) is 1.44. The van der Waals surface area contributed by atoms with Gasteiger partial charge >= 0.3 is 0 Å². The van der Waals surface area contributed by atoms with Crippen molar-refractivity contribution in [3.05, 3.63) is 0 Å². The number of methoxy groups -OCH3 is 1. The Morgan fingerprint density at radius 3 is 2.87 bits per heavy atom. The summed E-state index contributed by atoms with van der Waals surface area (Å²) in [7, 11) is 1.77. The van der Waals surface area contributed by atoms with Gasteiger partial charge in [-0.2, -0.15) is 0 Å². The lowest BCUT2D eigenvalue weighted by atomic mass is 10.1. The molecule has 2 fully saturated rings. The van der Waals surface area contributed by atoms with Gasteiger partial charge in [-0.05, 0) is 31.1 Å². The minimum absolute atomic E-state index is 0.500. The Morgan fingerprint density at radius 2 is 2.20 bits per heavy atom. The van der Waals surface area contributed by atoms with E-state index in [1.165, 1.54) is 19.3 Å². The normalized spacial score (nSPS) is 33.2. The molecule has 1 saturated heterocycles. The largest absolute Gasteiger partial charge is 0.384 e. The third kappa shape index (κ3) is 3.16. The van der Waals surface area contributed by atoms with Gasteiger partial charge in [-0.1, -0.05) is 6.92 Å². The van der Waals surface area contributed by atoms with Gasteiger partial charge in [0.1, 0.15) is 0 Å². The van der Waals surface area contributed by atoms with Gasteiger partial charge in [0.2, 0.25) is 0 Å². The van der Waals surface area contributed by atoms with E-state index in [2.05, 4.69) is 12.2 Å². The Labute approximate surface area is 92.5 Å². The van der Waals surface area contributed by atoms with Crippen LogP contribution < -0.4 is 5.32 Å². The van der Waals surface area contributed by atoms with Crippen LogP contribution in [0.2, 0.25) is 0 Å². The van der Waals surface area contributed by atoms with Gasteiger partial charge in [0.15, 0.2) is 0 Å². The molecule has 3 atom stereocenters. The highest BCUT2D eigenvalue weighted by atomic mass is 16.5. The van der Waals surface area contributed by atoms with E-state index in [4.69, 9.17) is 9.47 Å². The molecule has 2 rings (SSSR count). The van der Waals surface area contributed by atoms with Gasteiger partial charge in [0, 0.05) is 32.9 Å².